The summed E-state index contributed by atoms with van der Waals surface area (Å²) in [6.45, 7) is 3.62. The third-order valence-corrected chi connectivity index (χ3v) is 4.82. The van der Waals surface area contributed by atoms with Gasteiger partial charge in [-0.3, -0.25) is 0 Å². The van der Waals surface area contributed by atoms with Crippen molar-refractivity contribution >= 4 is 29.1 Å². The van der Waals surface area contributed by atoms with E-state index in [9.17, 15) is 17.6 Å². The Kier molecular flexibility index (Phi) is 6.51. The average molecular weight is 427 g/mol. The highest BCUT2D eigenvalue weighted by atomic mass is 32.1. The lowest BCUT2D eigenvalue weighted by Crippen LogP contribution is -2.35. The maximum Gasteiger partial charge on any atom is 0.433 e. The van der Waals surface area contributed by atoms with Crippen LogP contribution in [0, 0.1) is 11.7 Å². The van der Waals surface area contributed by atoms with Crippen LogP contribution in [0.2, 0.25) is 0 Å². The molecule has 0 saturated carbocycles. The monoisotopic (exact) mass is 427 g/mol. The summed E-state index contributed by atoms with van der Waals surface area (Å²) >= 11 is 5.14. The number of rotatable bonds is 4. The summed E-state index contributed by atoms with van der Waals surface area (Å²) < 4.78 is 52.9. The number of halogens is 4. The summed E-state index contributed by atoms with van der Waals surface area (Å²) in [5, 5.41) is 5.55. The zero-order valence-electron chi connectivity index (χ0n) is 15.8. The molecule has 0 radical (unpaired) electrons. The summed E-state index contributed by atoms with van der Waals surface area (Å²) in [6.07, 6.45) is -2.66. The molecule has 1 saturated heterocycles. The fourth-order valence-corrected chi connectivity index (χ4v) is 3.29. The molecule has 1 aromatic heterocycles. The summed E-state index contributed by atoms with van der Waals surface area (Å²) in [4.78, 5) is 9.65. The molecule has 2 N–H and O–H groups in total. The van der Waals surface area contributed by atoms with Gasteiger partial charge in [-0.15, -0.1) is 0 Å². The van der Waals surface area contributed by atoms with Crippen molar-refractivity contribution in [1.29, 1.82) is 0 Å². The standard InChI is InChI=1S/C19H21F4N5S/c1-12-3-2-8-28(11-12)16-9-15(19(21,22)23)25-17(26-16)27-18(29)24-10-13-4-6-14(20)7-5-13/h4-7,9,12H,2-3,8,10-11H2,1H3,(H2,24,25,26,27,29)/t12-/m0/s1. The lowest BCUT2D eigenvalue weighted by Gasteiger charge is -2.32. The molecule has 1 aliphatic heterocycles. The van der Waals surface area contributed by atoms with Crippen LogP contribution < -0.4 is 15.5 Å². The normalized spacial score (nSPS) is 17.1. The number of anilines is 2. The molecule has 1 fully saturated rings. The maximum atomic E-state index is 13.3. The van der Waals surface area contributed by atoms with Crippen LogP contribution in [0.4, 0.5) is 29.3 Å². The highest BCUT2D eigenvalue weighted by Gasteiger charge is 2.34. The Bertz CT molecular complexity index is 857. The van der Waals surface area contributed by atoms with E-state index in [1.165, 1.54) is 12.1 Å². The fourth-order valence-electron chi connectivity index (χ4n) is 3.13. The number of piperidine rings is 1. The minimum absolute atomic E-state index is 0.0756. The van der Waals surface area contributed by atoms with Crippen molar-refractivity contribution in [3.05, 3.63) is 47.4 Å². The number of nitrogens with zero attached hydrogens (tertiary/aromatic N) is 3. The molecule has 1 atom stereocenters. The summed E-state index contributed by atoms with van der Waals surface area (Å²) in [5.74, 6) is 0.0293. The zero-order chi connectivity index (χ0) is 21.0. The van der Waals surface area contributed by atoms with E-state index in [0.29, 0.717) is 19.0 Å². The SMILES string of the molecule is C[C@H]1CCCN(c2cc(C(F)(F)F)nc(NC(=S)NCc3ccc(F)cc3)n2)C1. The maximum absolute atomic E-state index is 13.3. The Morgan fingerprint density at radius 2 is 1.97 bits per heavy atom. The van der Waals surface area contributed by atoms with E-state index in [1.54, 1.807) is 12.1 Å². The molecule has 1 aliphatic rings. The van der Waals surface area contributed by atoms with Crippen LogP contribution in [0.5, 0.6) is 0 Å². The van der Waals surface area contributed by atoms with Crippen molar-refractivity contribution in [3.8, 4) is 0 Å². The molecule has 0 unspecified atom stereocenters. The predicted molar refractivity (Wildman–Crippen MR) is 107 cm³/mol. The van der Waals surface area contributed by atoms with Crippen LogP contribution >= 0.6 is 12.2 Å². The second-order valence-corrected chi connectivity index (χ2v) is 7.47. The Morgan fingerprint density at radius 1 is 1.24 bits per heavy atom. The third-order valence-electron chi connectivity index (χ3n) is 4.58. The first-order valence-corrected chi connectivity index (χ1v) is 9.62. The van der Waals surface area contributed by atoms with Gasteiger partial charge in [0.05, 0.1) is 0 Å². The molecule has 2 aromatic rings. The van der Waals surface area contributed by atoms with Gasteiger partial charge in [0.15, 0.2) is 10.8 Å². The van der Waals surface area contributed by atoms with Gasteiger partial charge < -0.3 is 15.5 Å². The van der Waals surface area contributed by atoms with E-state index in [-0.39, 0.29) is 29.2 Å². The van der Waals surface area contributed by atoms with E-state index in [2.05, 4.69) is 27.5 Å². The summed E-state index contributed by atoms with van der Waals surface area (Å²) in [7, 11) is 0. The van der Waals surface area contributed by atoms with Gasteiger partial charge in [-0.25, -0.2) is 9.37 Å². The summed E-state index contributed by atoms with van der Waals surface area (Å²) in [6, 6.07) is 6.77. The van der Waals surface area contributed by atoms with Crippen LogP contribution in [0.25, 0.3) is 0 Å². The molecule has 29 heavy (non-hydrogen) atoms. The van der Waals surface area contributed by atoms with E-state index in [4.69, 9.17) is 12.2 Å². The predicted octanol–water partition coefficient (Wildman–Crippen LogP) is 4.36. The smallest absolute Gasteiger partial charge is 0.358 e. The second-order valence-electron chi connectivity index (χ2n) is 7.06. The van der Waals surface area contributed by atoms with Crippen molar-refractivity contribution in [3.63, 3.8) is 0 Å². The Hall–Kier alpha value is -2.49. The molecule has 156 valence electrons. The number of alkyl halides is 3. The van der Waals surface area contributed by atoms with E-state index < -0.39 is 11.9 Å². The van der Waals surface area contributed by atoms with Gasteiger partial charge >= 0.3 is 6.18 Å². The Balaban J connectivity index is 1.73. The van der Waals surface area contributed by atoms with Gasteiger partial charge in [-0.2, -0.15) is 18.2 Å². The number of aromatic nitrogens is 2. The first-order chi connectivity index (χ1) is 13.7. The highest BCUT2D eigenvalue weighted by molar-refractivity contribution is 7.80. The van der Waals surface area contributed by atoms with Crippen molar-refractivity contribution in [2.45, 2.75) is 32.5 Å². The first kappa shape index (κ1) is 21.2. The van der Waals surface area contributed by atoms with Gasteiger partial charge in [-0.05, 0) is 48.7 Å². The van der Waals surface area contributed by atoms with Crippen LogP contribution in [0.15, 0.2) is 30.3 Å². The van der Waals surface area contributed by atoms with Crippen LogP contribution in [-0.4, -0.2) is 28.2 Å². The van der Waals surface area contributed by atoms with E-state index in [1.807, 2.05) is 4.90 Å². The highest BCUT2D eigenvalue weighted by Crippen LogP contribution is 2.31. The molecule has 0 aliphatic carbocycles. The van der Waals surface area contributed by atoms with Crippen molar-refractivity contribution in [2.24, 2.45) is 5.92 Å². The van der Waals surface area contributed by atoms with Gasteiger partial charge in [0.25, 0.3) is 0 Å². The minimum atomic E-state index is -4.60. The van der Waals surface area contributed by atoms with E-state index in [0.717, 1.165) is 24.5 Å². The zero-order valence-corrected chi connectivity index (χ0v) is 16.6. The largest absolute Gasteiger partial charge is 0.433 e. The number of hydrogen-bond acceptors (Lipinski definition) is 4. The van der Waals surface area contributed by atoms with Crippen molar-refractivity contribution in [1.82, 2.24) is 15.3 Å². The lowest BCUT2D eigenvalue weighted by molar-refractivity contribution is -0.141. The Labute approximate surface area is 171 Å². The van der Waals surface area contributed by atoms with E-state index >= 15 is 0 Å². The van der Waals surface area contributed by atoms with Crippen molar-refractivity contribution < 1.29 is 17.6 Å². The molecule has 2 heterocycles. The number of thiocarbonyl (C=S) groups is 1. The number of hydrogen-bond donors (Lipinski definition) is 2. The average Bonchev–Trinajstić information content (AvgIpc) is 2.66. The third kappa shape index (κ3) is 5.99. The Morgan fingerprint density at radius 3 is 2.62 bits per heavy atom. The topological polar surface area (TPSA) is 53.1 Å². The number of benzene rings is 1. The minimum Gasteiger partial charge on any atom is -0.358 e. The molecule has 0 bridgehead atoms. The van der Waals surface area contributed by atoms with Gasteiger partial charge in [0.2, 0.25) is 5.95 Å². The molecular weight excluding hydrogens is 406 g/mol. The molecule has 3 rings (SSSR count). The second kappa shape index (κ2) is 8.89. The van der Waals surface area contributed by atoms with Crippen LogP contribution in [0.3, 0.4) is 0 Å². The molecular formula is C19H21F4N5S. The van der Waals surface area contributed by atoms with Crippen LogP contribution in [0.1, 0.15) is 31.0 Å². The van der Waals surface area contributed by atoms with Gasteiger partial charge in [-0.1, -0.05) is 19.1 Å². The fraction of sp³-hybridized carbons (Fsp3) is 0.421. The molecule has 10 heteroatoms. The summed E-state index contributed by atoms with van der Waals surface area (Å²) in [5.41, 5.74) is -0.256. The van der Waals surface area contributed by atoms with Gasteiger partial charge in [0, 0.05) is 25.7 Å². The first-order valence-electron chi connectivity index (χ1n) is 9.21. The lowest BCUT2D eigenvalue weighted by atomic mass is 10.0. The molecule has 1 aromatic carbocycles. The van der Waals surface area contributed by atoms with Gasteiger partial charge in [0.1, 0.15) is 11.6 Å². The quantitative estimate of drug-likeness (QED) is 0.559. The molecule has 0 spiro atoms. The van der Waals surface area contributed by atoms with Crippen LogP contribution in [-0.2, 0) is 12.7 Å². The number of nitrogens with one attached hydrogen (secondary N) is 2. The molecule has 5 nitrogen and oxygen atoms in total. The van der Waals surface area contributed by atoms with Crippen molar-refractivity contribution in [2.75, 3.05) is 23.3 Å². The molecule has 0 amide bonds.